The lowest BCUT2D eigenvalue weighted by Gasteiger charge is -2.15. The van der Waals surface area contributed by atoms with E-state index in [-0.39, 0.29) is 26.8 Å². The molecule has 1 aromatic carbocycles. The van der Waals surface area contributed by atoms with Gasteiger partial charge >= 0.3 is 0 Å². The number of amides is 1. The number of aromatic nitrogens is 1. The Morgan fingerprint density at radius 1 is 1.24 bits per heavy atom. The van der Waals surface area contributed by atoms with Gasteiger partial charge in [0.1, 0.15) is 20.5 Å². The molecule has 0 spiro atoms. The van der Waals surface area contributed by atoms with Gasteiger partial charge in [0.05, 0.1) is 12.7 Å². The monoisotopic (exact) mass is 509 g/mol. The Bertz CT molecular complexity index is 1360. The van der Waals surface area contributed by atoms with E-state index in [4.69, 9.17) is 20.9 Å². The number of carbonyl (C=O) groups is 1. The van der Waals surface area contributed by atoms with Gasteiger partial charge in [-0.2, -0.15) is 0 Å². The number of thiophene rings is 1. The van der Waals surface area contributed by atoms with E-state index < -0.39 is 15.9 Å². The van der Waals surface area contributed by atoms with Crippen LogP contribution in [0.15, 0.2) is 21.6 Å². The van der Waals surface area contributed by atoms with Crippen LogP contribution in [0.3, 0.4) is 0 Å². The Kier molecular flexibility index (Phi) is 6.30. The molecular weight excluding hydrogens is 486 g/mol. The van der Waals surface area contributed by atoms with Gasteiger partial charge in [0.25, 0.3) is 21.8 Å². The largest absolute Gasteiger partial charge is 0.373 e. The summed E-state index contributed by atoms with van der Waals surface area (Å²) in [6.07, 6.45) is 0.819. The SMILES string of the molecule is Cc1cc(C)c(NC(=O)c2sc(C)c(C)c2S(=O)(=O)Nc2onc(C)c2Cl)c(CC2CO2)c1. The summed E-state index contributed by atoms with van der Waals surface area (Å²) in [6.45, 7) is 9.64. The average Bonchev–Trinajstić information content (AvgIpc) is 3.42. The molecule has 1 aliphatic rings. The molecule has 1 amide bonds. The Balaban J connectivity index is 1.70. The second-order valence-corrected chi connectivity index (χ2v) is 11.4. The van der Waals surface area contributed by atoms with Crippen molar-refractivity contribution in [1.29, 1.82) is 0 Å². The number of carbonyl (C=O) groups excluding carboxylic acids is 1. The lowest BCUT2D eigenvalue weighted by atomic mass is 10.0. The van der Waals surface area contributed by atoms with Crippen molar-refractivity contribution in [3.8, 4) is 0 Å². The molecule has 4 rings (SSSR count). The number of aryl methyl sites for hydroxylation is 4. The molecule has 1 unspecified atom stereocenters. The highest BCUT2D eigenvalue weighted by molar-refractivity contribution is 7.93. The summed E-state index contributed by atoms with van der Waals surface area (Å²) in [5.41, 5.74) is 4.45. The maximum absolute atomic E-state index is 13.4. The average molecular weight is 510 g/mol. The van der Waals surface area contributed by atoms with Gasteiger partial charge in [-0.05, 0) is 51.3 Å². The number of hydrogen-bond donors (Lipinski definition) is 2. The van der Waals surface area contributed by atoms with E-state index in [0.717, 1.165) is 28.0 Å². The van der Waals surface area contributed by atoms with E-state index in [1.165, 1.54) is 0 Å². The van der Waals surface area contributed by atoms with Gasteiger partial charge in [0.2, 0.25) is 0 Å². The number of rotatable bonds is 7. The highest BCUT2D eigenvalue weighted by Gasteiger charge is 2.32. The molecule has 3 aromatic rings. The van der Waals surface area contributed by atoms with Crippen molar-refractivity contribution in [2.45, 2.75) is 52.0 Å². The third kappa shape index (κ3) is 4.79. The molecule has 1 saturated heterocycles. The second-order valence-electron chi connectivity index (χ2n) is 8.19. The van der Waals surface area contributed by atoms with Gasteiger partial charge in [-0.3, -0.25) is 4.79 Å². The molecule has 2 aromatic heterocycles. The van der Waals surface area contributed by atoms with Crippen LogP contribution in [0.4, 0.5) is 11.6 Å². The molecule has 33 heavy (non-hydrogen) atoms. The molecule has 0 bridgehead atoms. The zero-order chi connectivity index (χ0) is 24.1. The lowest BCUT2D eigenvalue weighted by Crippen LogP contribution is -2.20. The molecule has 1 aliphatic heterocycles. The number of ether oxygens (including phenoxy) is 1. The standard InChI is InChI=1S/C22H24ClN3O5S2/c1-10-6-11(2)18(15(7-10)8-16-9-30-16)24-21(27)19-20(12(3)14(5)32-19)33(28,29)26-22-17(23)13(4)25-31-22/h6-7,16,26H,8-9H2,1-5H3,(H,24,27). The lowest BCUT2D eigenvalue weighted by molar-refractivity contribution is 0.102. The van der Waals surface area contributed by atoms with Crippen molar-refractivity contribution in [2.75, 3.05) is 16.6 Å². The van der Waals surface area contributed by atoms with Crippen LogP contribution in [0.25, 0.3) is 0 Å². The number of nitrogens with one attached hydrogen (secondary N) is 2. The maximum Gasteiger partial charge on any atom is 0.267 e. The summed E-state index contributed by atoms with van der Waals surface area (Å²) in [5.74, 6) is -0.689. The predicted molar refractivity (Wildman–Crippen MR) is 128 cm³/mol. The summed E-state index contributed by atoms with van der Waals surface area (Å²) < 4.78 is 39.2. The van der Waals surface area contributed by atoms with Crippen LogP contribution in [0.2, 0.25) is 5.02 Å². The molecule has 11 heteroatoms. The number of epoxide rings is 1. The van der Waals surface area contributed by atoms with Crippen LogP contribution in [-0.2, 0) is 21.2 Å². The van der Waals surface area contributed by atoms with Gasteiger partial charge in [0.15, 0.2) is 0 Å². The summed E-state index contributed by atoms with van der Waals surface area (Å²) in [5, 5.41) is 6.69. The van der Waals surface area contributed by atoms with Crippen LogP contribution < -0.4 is 10.0 Å². The highest BCUT2D eigenvalue weighted by Crippen LogP contribution is 2.36. The maximum atomic E-state index is 13.4. The van der Waals surface area contributed by atoms with E-state index in [1.807, 2.05) is 26.0 Å². The molecule has 3 heterocycles. The zero-order valence-corrected chi connectivity index (χ0v) is 21.2. The first-order valence-electron chi connectivity index (χ1n) is 10.3. The van der Waals surface area contributed by atoms with Crippen molar-refractivity contribution in [2.24, 2.45) is 0 Å². The van der Waals surface area contributed by atoms with Crippen molar-refractivity contribution >= 4 is 50.4 Å². The van der Waals surface area contributed by atoms with E-state index in [1.54, 1.807) is 20.8 Å². The number of halogens is 1. The van der Waals surface area contributed by atoms with Gasteiger partial charge in [-0.1, -0.05) is 34.5 Å². The number of benzene rings is 1. The first-order chi connectivity index (χ1) is 15.5. The highest BCUT2D eigenvalue weighted by atomic mass is 35.5. The molecule has 8 nitrogen and oxygen atoms in total. The van der Waals surface area contributed by atoms with E-state index in [9.17, 15) is 13.2 Å². The molecule has 0 aliphatic carbocycles. The smallest absolute Gasteiger partial charge is 0.267 e. The van der Waals surface area contributed by atoms with Gasteiger partial charge in [-0.25, -0.2) is 13.1 Å². The quantitative estimate of drug-likeness (QED) is 0.437. The molecule has 0 radical (unpaired) electrons. The third-order valence-corrected chi connectivity index (χ3v) is 8.76. The summed E-state index contributed by atoms with van der Waals surface area (Å²) in [7, 11) is -4.17. The Morgan fingerprint density at radius 3 is 2.55 bits per heavy atom. The van der Waals surface area contributed by atoms with E-state index in [0.29, 0.717) is 34.8 Å². The van der Waals surface area contributed by atoms with Gasteiger partial charge in [0, 0.05) is 17.0 Å². The van der Waals surface area contributed by atoms with Gasteiger partial charge < -0.3 is 14.6 Å². The Hall–Kier alpha value is -2.40. The summed E-state index contributed by atoms with van der Waals surface area (Å²) in [4.78, 5) is 14.1. The van der Waals surface area contributed by atoms with Crippen LogP contribution >= 0.6 is 22.9 Å². The van der Waals surface area contributed by atoms with Crippen molar-refractivity contribution < 1.29 is 22.5 Å². The molecular formula is C22H24ClN3O5S2. The molecule has 2 N–H and O–H groups in total. The minimum atomic E-state index is -4.17. The van der Waals surface area contributed by atoms with Gasteiger partial charge in [-0.15, -0.1) is 11.3 Å². The number of sulfonamides is 1. The fourth-order valence-corrected chi connectivity index (χ4v) is 6.69. The molecule has 176 valence electrons. The van der Waals surface area contributed by atoms with Crippen molar-refractivity contribution in [3.05, 3.63) is 54.9 Å². The normalized spacial score (nSPS) is 15.5. The fourth-order valence-electron chi connectivity index (χ4n) is 3.67. The van der Waals surface area contributed by atoms with E-state index in [2.05, 4.69) is 15.2 Å². The first kappa shape index (κ1) is 23.7. The molecule has 0 saturated carbocycles. The van der Waals surface area contributed by atoms with Crippen LogP contribution in [0.1, 0.15) is 42.5 Å². The molecule has 1 atom stereocenters. The number of anilines is 2. The van der Waals surface area contributed by atoms with E-state index >= 15 is 0 Å². The Morgan fingerprint density at radius 2 is 1.94 bits per heavy atom. The topological polar surface area (TPSA) is 114 Å². The number of hydrogen-bond acceptors (Lipinski definition) is 7. The van der Waals surface area contributed by atoms with Crippen LogP contribution in [0.5, 0.6) is 0 Å². The second kappa shape index (κ2) is 8.75. The zero-order valence-electron chi connectivity index (χ0n) is 18.8. The van der Waals surface area contributed by atoms with Crippen molar-refractivity contribution in [1.82, 2.24) is 5.16 Å². The fraction of sp³-hybridized carbons (Fsp3) is 0.364. The Labute approximate surface area is 201 Å². The van der Waals surface area contributed by atoms with Crippen LogP contribution in [-0.4, -0.2) is 32.2 Å². The number of nitrogens with zero attached hydrogens (tertiary/aromatic N) is 1. The third-order valence-electron chi connectivity index (χ3n) is 5.47. The minimum absolute atomic E-state index is 0.0661. The first-order valence-corrected chi connectivity index (χ1v) is 12.9. The molecule has 1 fully saturated rings. The van der Waals surface area contributed by atoms with Crippen LogP contribution in [0, 0.1) is 34.6 Å². The predicted octanol–water partition coefficient (Wildman–Crippen LogP) is 4.93. The van der Waals surface area contributed by atoms with Crippen molar-refractivity contribution in [3.63, 3.8) is 0 Å². The summed E-state index contributed by atoms with van der Waals surface area (Å²) in [6, 6.07) is 3.99. The minimum Gasteiger partial charge on any atom is -0.373 e. The summed E-state index contributed by atoms with van der Waals surface area (Å²) >= 11 is 7.20.